The van der Waals surface area contributed by atoms with E-state index in [-0.39, 0.29) is 11.1 Å². The van der Waals surface area contributed by atoms with Gasteiger partial charge in [0.1, 0.15) is 7.85 Å². The Bertz CT molecular complexity index is 182. The fourth-order valence-corrected chi connectivity index (χ4v) is 2.72. The van der Waals surface area contributed by atoms with E-state index in [1.54, 1.807) is 0 Å². The minimum absolute atomic E-state index is 0.148. The van der Waals surface area contributed by atoms with Gasteiger partial charge in [-0.05, 0) is 31.6 Å². The van der Waals surface area contributed by atoms with Gasteiger partial charge in [-0.25, -0.2) is 0 Å². The molecule has 2 bridgehead atoms. The van der Waals surface area contributed by atoms with Crippen molar-refractivity contribution in [2.75, 3.05) is 0 Å². The molecule has 2 saturated heterocycles. The molecule has 0 saturated carbocycles. The quantitative estimate of drug-likeness (QED) is 0.518. The average molecular weight is 150 g/mol. The van der Waals surface area contributed by atoms with E-state index in [9.17, 15) is 0 Å². The summed E-state index contributed by atoms with van der Waals surface area (Å²) in [5.41, 5.74) is -0.107. The summed E-state index contributed by atoms with van der Waals surface area (Å²) < 4.78 is 5.89. The molecule has 3 atom stereocenters. The second kappa shape index (κ2) is 2.04. The molecule has 2 rings (SSSR count). The maximum atomic E-state index is 6.03. The Morgan fingerprint density at radius 2 is 2.27 bits per heavy atom. The molecule has 2 aliphatic rings. The molecule has 2 radical (unpaired) electrons. The van der Waals surface area contributed by atoms with Crippen LogP contribution in [0, 0.1) is 5.92 Å². The lowest BCUT2D eigenvalue weighted by Crippen LogP contribution is -2.31. The third-order valence-electron chi connectivity index (χ3n) is 3.53. The van der Waals surface area contributed by atoms with E-state index in [2.05, 4.69) is 13.8 Å². The Hall–Kier alpha value is 0.0249. The van der Waals surface area contributed by atoms with Gasteiger partial charge < -0.3 is 4.74 Å². The zero-order valence-electron chi connectivity index (χ0n) is 7.39. The van der Waals surface area contributed by atoms with Gasteiger partial charge in [0, 0.05) is 5.50 Å². The molecule has 0 aliphatic carbocycles. The molecule has 2 heterocycles. The van der Waals surface area contributed by atoms with Crippen LogP contribution in [0.4, 0.5) is 0 Å². The van der Waals surface area contributed by atoms with Crippen LogP contribution in [0.25, 0.3) is 0 Å². The van der Waals surface area contributed by atoms with Gasteiger partial charge in [-0.15, -0.1) is 0 Å². The van der Waals surface area contributed by atoms with E-state index in [1.165, 1.54) is 6.42 Å². The first-order valence-electron chi connectivity index (χ1n) is 4.59. The first kappa shape index (κ1) is 7.66. The average Bonchev–Trinajstić information content (AvgIpc) is 2.39. The first-order valence-corrected chi connectivity index (χ1v) is 4.59. The van der Waals surface area contributed by atoms with Gasteiger partial charge in [-0.2, -0.15) is 0 Å². The Morgan fingerprint density at radius 3 is 2.55 bits per heavy atom. The lowest BCUT2D eigenvalue weighted by Gasteiger charge is -2.28. The van der Waals surface area contributed by atoms with Crippen LogP contribution in [0.5, 0.6) is 0 Å². The van der Waals surface area contributed by atoms with E-state index in [1.807, 2.05) is 0 Å². The van der Waals surface area contributed by atoms with Crippen LogP contribution in [0.2, 0.25) is 0 Å². The fourth-order valence-electron chi connectivity index (χ4n) is 2.72. The third kappa shape index (κ3) is 0.884. The van der Waals surface area contributed by atoms with Crippen molar-refractivity contribution in [2.24, 2.45) is 5.92 Å². The minimum atomic E-state index is -0.255. The zero-order chi connectivity index (χ0) is 8.11. The Kier molecular flexibility index (Phi) is 1.42. The van der Waals surface area contributed by atoms with Crippen LogP contribution in [0.15, 0.2) is 0 Å². The van der Waals surface area contributed by atoms with Gasteiger partial charge in [-0.1, -0.05) is 13.8 Å². The molecule has 2 aliphatic heterocycles. The van der Waals surface area contributed by atoms with Crippen molar-refractivity contribution < 1.29 is 4.74 Å². The standard InChI is InChI=1S/C9H15BO/c1-3-8-4-5-9(10,11-8)6-7(8)2/h7H,3-6H2,1-2H3. The third-order valence-corrected chi connectivity index (χ3v) is 3.53. The fraction of sp³-hybridized carbons (Fsp3) is 1.00. The van der Waals surface area contributed by atoms with Crippen molar-refractivity contribution in [1.29, 1.82) is 0 Å². The molecule has 0 aromatic rings. The summed E-state index contributed by atoms with van der Waals surface area (Å²) in [5.74, 6) is 0.659. The van der Waals surface area contributed by atoms with E-state index in [0.717, 1.165) is 19.3 Å². The van der Waals surface area contributed by atoms with Gasteiger partial charge in [0.2, 0.25) is 0 Å². The van der Waals surface area contributed by atoms with E-state index in [0.29, 0.717) is 5.92 Å². The topological polar surface area (TPSA) is 9.23 Å². The summed E-state index contributed by atoms with van der Waals surface area (Å²) in [7, 11) is 6.03. The predicted octanol–water partition coefficient (Wildman–Crippen LogP) is 1.85. The Morgan fingerprint density at radius 1 is 1.55 bits per heavy atom. The van der Waals surface area contributed by atoms with Crippen molar-refractivity contribution in [2.45, 2.75) is 50.6 Å². The van der Waals surface area contributed by atoms with Gasteiger partial charge in [0.15, 0.2) is 0 Å². The molecule has 0 N–H and O–H groups in total. The Labute approximate surface area is 69.9 Å². The molecule has 2 heteroatoms. The maximum Gasteiger partial charge on any atom is 0.113 e. The molecular formula is C9H15BO. The molecule has 60 valence electrons. The molecule has 2 fully saturated rings. The van der Waals surface area contributed by atoms with Crippen LogP contribution in [0.1, 0.15) is 39.5 Å². The van der Waals surface area contributed by atoms with Gasteiger partial charge >= 0.3 is 0 Å². The van der Waals surface area contributed by atoms with Gasteiger partial charge in [-0.3, -0.25) is 0 Å². The predicted molar refractivity (Wildman–Crippen MR) is 45.6 cm³/mol. The van der Waals surface area contributed by atoms with Crippen LogP contribution in [0.3, 0.4) is 0 Å². The second-order valence-electron chi connectivity index (χ2n) is 4.19. The number of fused-ring (bicyclic) bond motifs is 2. The number of ether oxygens (including phenoxy) is 1. The molecular weight excluding hydrogens is 135 g/mol. The van der Waals surface area contributed by atoms with E-state index < -0.39 is 0 Å². The van der Waals surface area contributed by atoms with Crippen LogP contribution >= 0.6 is 0 Å². The summed E-state index contributed by atoms with van der Waals surface area (Å²) in [6.45, 7) is 4.46. The van der Waals surface area contributed by atoms with Crippen molar-refractivity contribution in [1.82, 2.24) is 0 Å². The smallest absolute Gasteiger partial charge is 0.113 e. The largest absolute Gasteiger partial charge is 0.378 e. The highest BCUT2D eigenvalue weighted by atomic mass is 16.5. The summed E-state index contributed by atoms with van der Waals surface area (Å²) in [4.78, 5) is 0. The molecule has 0 spiro atoms. The molecule has 3 unspecified atom stereocenters. The summed E-state index contributed by atoms with van der Waals surface area (Å²) in [6.07, 6.45) is 4.40. The molecule has 11 heavy (non-hydrogen) atoms. The lowest BCUT2D eigenvalue weighted by molar-refractivity contribution is -0.0235. The molecule has 0 amide bonds. The highest BCUT2D eigenvalue weighted by molar-refractivity contribution is 6.15. The van der Waals surface area contributed by atoms with Crippen LogP contribution in [-0.4, -0.2) is 18.9 Å². The molecule has 0 aromatic heterocycles. The number of hydrogen-bond acceptors (Lipinski definition) is 1. The molecule has 1 nitrogen and oxygen atoms in total. The van der Waals surface area contributed by atoms with Crippen LogP contribution in [-0.2, 0) is 4.74 Å². The van der Waals surface area contributed by atoms with Gasteiger partial charge in [0.25, 0.3) is 0 Å². The van der Waals surface area contributed by atoms with Crippen molar-refractivity contribution in [3.05, 3.63) is 0 Å². The van der Waals surface area contributed by atoms with E-state index in [4.69, 9.17) is 12.6 Å². The molecule has 0 aromatic carbocycles. The zero-order valence-corrected chi connectivity index (χ0v) is 7.39. The maximum absolute atomic E-state index is 6.03. The van der Waals surface area contributed by atoms with Crippen molar-refractivity contribution >= 4 is 7.85 Å². The van der Waals surface area contributed by atoms with Gasteiger partial charge in [0.05, 0.1) is 5.60 Å². The summed E-state index contributed by atoms with van der Waals surface area (Å²) in [5, 5.41) is 0. The SMILES string of the molecule is [B]C12CCC(CC)(O1)C(C)C2. The summed E-state index contributed by atoms with van der Waals surface area (Å²) >= 11 is 0. The highest BCUT2D eigenvalue weighted by Gasteiger charge is 2.55. The van der Waals surface area contributed by atoms with Crippen molar-refractivity contribution in [3.8, 4) is 0 Å². The highest BCUT2D eigenvalue weighted by Crippen LogP contribution is 2.53. The normalized spacial score (nSPS) is 55.3. The Balaban J connectivity index is 2.25. The van der Waals surface area contributed by atoms with Crippen LogP contribution < -0.4 is 0 Å². The minimum Gasteiger partial charge on any atom is -0.378 e. The van der Waals surface area contributed by atoms with Crippen molar-refractivity contribution in [3.63, 3.8) is 0 Å². The number of rotatable bonds is 1. The monoisotopic (exact) mass is 150 g/mol. The lowest BCUT2D eigenvalue weighted by atomic mass is 9.66. The van der Waals surface area contributed by atoms with E-state index >= 15 is 0 Å². The summed E-state index contributed by atoms with van der Waals surface area (Å²) in [6, 6.07) is 0. The first-order chi connectivity index (χ1) is 5.10. The second-order valence-corrected chi connectivity index (χ2v) is 4.19. The number of hydrogen-bond donors (Lipinski definition) is 0.